The molecule has 2 N–H and O–H groups in total. The van der Waals surface area contributed by atoms with Gasteiger partial charge < -0.3 is 19.9 Å². The Balaban J connectivity index is 1.80. The van der Waals surface area contributed by atoms with Crippen LogP contribution in [0.5, 0.6) is 5.75 Å². The normalized spacial score (nSPS) is 23.7. The van der Waals surface area contributed by atoms with Crippen molar-refractivity contribution in [2.75, 3.05) is 14.2 Å². The predicted octanol–water partition coefficient (Wildman–Crippen LogP) is 5.40. The Hall–Kier alpha value is -2.21. The molecule has 1 amide bonds. The van der Waals surface area contributed by atoms with Gasteiger partial charge in [0.25, 0.3) is 5.91 Å². The van der Waals surface area contributed by atoms with Gasteiger partial charge in [0.15, 0.2) is 0 Å². The van der Waals surface area contributed by atoms with Crippen molar-refractivity contribution in [2.45, 2.75) is 37.3 Å². The zero-order valence-electron chi connectivity index (χ0n) is 16.8. The topological polar surface area (TPSA) is 67.8 Å². The number of halogens is 2. The average molecular weight is 448 g/mol. The van der Waals surface area contributed by atoms with E-state index in [2.05, 4.69) is 5.32 Å². The Kier molecular flexibility index (Phi) is 5.71. The molecule has 0 unspecified atom stereocenters. The highest BCUT2D eigenvalue weighted by Crippen LogP contribution is 2.45. The molecule has 1 heterocycles. The van der Waals surface area contributed by atoms with Crippen molar-refractivity contribution in [3.05, 3.63) is 57.8 Å². The Bertz CT molecular complexity index is 1010. The number of aliphatic hydroxyl groups excluding tert-OH is 1. The second-order valence-electron chi connectivity index (χ2n) is 7.73. The van der Waals surface area contributed by atoms with Crippen LogP contribution in [-0.2, 0) is 9.53 Å². The molecule has 2 aromatic rings. The molecule has 0 aromatic heterocycles. The number of amides is 1. The number of aliphatic hydroxyl groups is 1. The van der Waals surface area contributed by atoms with E-state index < -0.39 is 5.54 Å². The summed E-state index contributed by atoms with van der Waals surface area (Å²) in [4.78, 5) is 12.9. The van der Waals surface area contributed by atoms with Crippen LogP contribution in [0, 0.1) is 0 Å². The summed E-state index contributed by atoms with van der Waals surface area (Å²) >= 11 is 12.5. The molecule has 4 rings (SSSR count). The molecule has 1 saturated carbocycles. The van der Waals surface area contributed by atoms with Crippen molar-refractivity contribution in [1.82, 2.24) is 5.32 Å². The summed E-state index contributed by atoms with van der Waals surface area (Å²) in [7, 11) is 3.25. The van der Waals surface area contributed by atoms with Crippen LogP contribution in [-0.4, -0.2) is 36.9 Å². The first kappa shape index (κ1) is 21.0. The van der Waals surface area contributed by atoms with Crippen molar-refractivity contribution < 1.29 is 19.4 Å². The van der Waals surface area contributed by atoms with E-state index in [0.29, 0.717) is 34.2 Å². The largest absolute Gasteiger partial charge is 0.509 e. The van der Waals surface area contributed by atoms with Crippen LogP contribution in [0.25, 0.3) is 16.7 Å². The first-order valence-corrected chi connectivity index (χ1v) is 10.6. The number of methoxy groups -OCH3 is 2. The SMILES string of the molecule is COc1cc(Cl)c(C2=C(O)C3(CCC(OC)CC3)NC2=O)cc1-c1ccc(Cl)cc1. The van der Waals surface area contributed by atoms with Crippen molar-refractivity contribution in [2.24, 2.45) is 0 Å². The van der Waals surface area contributed by atoms with Gasteiger partial charge in [-0.25, -0.2) is 0 Å². The third-order valence-corrected chi connectivity index (χ3v) is 6.67. The van der Waals surface area contributed by atoms with E-state index in [1.807, 2.05) is 12.1 Å². The Morgan fingerprint density at radius 3 is 2.33 bits per heavy atom. The number of ether oxygens (including phenoxy) is 2. The minimum atomic E-state index is -0.759. The number of benzene rings is 2. The van der Waals surface area contributed by atoms with Crippen LogP contribution in [0.15, 0.2) is 42.2 Å². The fraction of sp³-hybridized carbons (Fsp3) is 0.348. The minimum Gasteiger partial charge on any atom is -0.509 e. The van der Waals surface area contributed by atoms with Crippen molar-refractivity contribution in [1.29, 1.82) is 0 Å². The van der Waals surface area contributed by atoms with Crippen LogP contribution in [0.4, 0.5) is 0 Å². The van der Waals surface area contributed by atoms with Gasteiger partial charge in [0.05, 0.1) is 29.3 Å². The first-order chi connectivity index (χ1) is 14.4. The molecule has 1 spiro atoms. The van der Waals surface area contributed by atoms with Gasteiger partial charge in [-0.3, -0.25) is 4.79 Å². The molecule has 0 bridgehead atoms. The van der Waals surface area contributed by atoms with E-state index in [9.17, 15) is 9.90 Å². The summed E-state index contributed by atoms with van der Waals surface area (Å²) in [6.45, 7) is 0. The number of nitrogens with one attached hydrogen (secondary N) is 1. The molecule has 5 nitrogen and oxygen atoms in total. The number of hydrogen-bond acceptors (Lipinski definition) is 4. The summed E-state index contributed by atoms with van der Waals surface area (Å²) in [5.41, 5.74) is 1.55. The average Bonchev–Trinajstić information content (AvgIpc) is 2.98. The van der Waals surface area contributed by atoms with Gasteiger partial charge in [-0.15, -0.1) is 0 Å². The summed E-state index contributed by atoms with van der Waals surface area (Å²) < 4.78 is 10.9. The van der Waals surface area contributed by atoms with E-state index in [4.69, 9.17) is 32.7 Å². The monoisotopic (exact) mass is 447 g/mol. The second-order valence-corrected chi connectivity index (χ2v) is 8.58. The van der Waals surface area contributed by atoms with E-state index in [-0.39, 0.29) is 23.3 Å². The predicted molar refractivity (Wildman–Crippen MR) is 118 cm³/mol. The van der Waals surface area contributed by atoms with Gasteiger partial charge >= 0.3 is 0 Å². The van der Waals surface area contributed by atoms with E-state index in [1.54, 1.807) is 38.5 Å². The molecule has 2 aliphatic rings. The fourth-order valence-electron chi connectivity index (χ4n) is 4.39. The Morgan fingerprint density at radius 1 is 1.07 bits per heavy atom. The van der Waals surface area contributed by atoms with E-state index in [1.165, 1.54) is 0 Å². The summed E-state index contributed by atoms with van der Waals surface area (Å²) in [6, 6.07) is 10.8. The molecule has 1 fully saturated rings. The molecule has 1 aliphatic carbocycles. The zero-order valence-corrected chi connectivity index (χ0v) is 18.3. The summed E-state index contributed by atoms with van der Waals surface area (Å²) in [6.07, 6.45) is 2.90. The number of rotatable bonds is 4. The highest BCUT2D eigenvalue weighted by Gasteiger charge is 2.48. The minimum absolute atomic E-state index is 0.0520. The number of hydrogen-bond donors (Lipinski definition) is 2. The Morgan fingerprint density at radius 2 is 1.73 bits per heavy atom. The van der Waals surface area contributed by atoms with Crippen LogP contribution in [0.2, 0.25) is 10.0 Å². The molecule has 158 valence electrons. The third-order valence-electron chi connectivity index (χ3n) is 6.10. The number of carbonyl (C=O) groups is 1. The van der Waals surface area contributed by atoms with E-state index in [0.717, 1.165) is 24.0 Å². The molecule has 1 aliphatic heterocycles. The first-order valence-electron chi connectivity index (χ1n) is 9.81. The van der Waals surface area contributed by atoms with Gasteiger partial charge in [0.2, 0.25) is 0 Å². The van der Waals surface area contributed by atoms with Crippen LogP contribution >= 0.6 is 23.2 Å². The van der Waals surface area contributed by atoms with Gasteiger partial charge in [-0.1, -0.05) is 35.3 Å². The number of carbonyl (C=O) groups excluding carboxylic acids is 1. The van der Waals surface area contributed by atoms with E-state index >= 15 is 0 Å². The van der Waals surface area contributed by atoms with Gasteiger partial charge in [0.1, 0.15) is 11.5 Å². The third kappa shape index (κ3) is 3.55. The van der Waals surface area contributed by atoms with Gasteiger partial charge in [-0.2, -0.15) is 0 Å². The van der Waals surface area contributed by atoms with Crippen LogP contribution < -0.4 is 10.1 Å². The fourth-order valence-corrected chi connectivity index (χ4v) is 4.76. The zero-order chi connectivity index (χ0) is 21.5. The van der Waals surface area contributed by atoms with Crippen molar-refractivity contribution in [3.63, 3.8) is 0 Å². The summed E-state index contributed by atoms with van der Waals surface area (Å²) in [5, 5.41) is 15.1. The molecular weight excluding hydrogens is 425 g/mol. The lowest BCUT2D eigenvalue weighted by Gasteiger charge is -2.36. The lowest BCUT2D eigenvalue weighted by atomic mass is 9.79. The van der Waals surface area contributed by atoms with Gasteiger partial charge in [-0.05, 0) is 49.4 Å². The van der Waals surface area contributed by atoms with Crippen molar-refractivity contribution in [3.8, 4) is 16.9 Å². The standard InChI is InChI=1S/C23H23Cl2NO4/c1-29-15-7-9-23(10-8-15)21(27)20(22(28)26-23)17-11-16(19(30-2)12-18(17)25)13-3-5-14(24)6-4-13/h3-6,11-12,15,27H,7-10H2,1-2H3,(H,26,28). The molecular formula is C23H23Cl2NO4. The maximum absolute atomic E-state index is 12.9. The lowest BCUT2D eigenvalue weighted by molar-refractivity contribution is -0.116. The maximum Gasteiger partial charge on any atom is 0.256 e. The smallest absolute Gasteiger partial charge is 0.256 e. The summed E-state index contributed by atoms with van der Waals surface area (Å²) in [5.74, 6) is 0.300. The van der Waals surface area contributed by atoms with Gasteiger partial charge in [0, 0.05) is 29.3 Å². The highest BCUT2D eigenvalue weighted by molar-refractivity contribution is 6.36. The highest BCUT2D eigenvalue weighted by atomic mass is 35.5. The quantitative estimate of drug-likeness (QED) is 0.658. The molecule has 7 heteroatoms. The second kappa shape index (κ2) is 8.14. The maximum atomic E-state index is 12.9. The molecule has 0 radical (unpaired) electrons. The Labute approximate surface area is 185 Å². The molecule has 0 saturated heterocycles. The molecule has 2 aromatic carbocycles. The van der Waals surface area contributed by atoms with Crippen LogP contribution in [0.3, 0.4) is 0 Å². The lowest BCUT2D eigenvalue weighted by Crippen LogP contribution is -2.48. The molecule has 30 heavy (non-hydrogen) atoms. The molecule has 0 atom stereocenters. The van der Waals surface area contributed by atoms with Crippen molar-refractivity contribution >= 4 is 34.7 Å². The van der Waals surface area contributed by atoms with Crippen LogP contribution in [0.1, 0.15) is 31.2 Å².